The number of halogens is 1. The van der Waals surface area contributed by atoms with E-state index in [0.717, 1.165) is 59.9 Å². The topological polar surface area (TPSA) is 76.4 Å². The zero-order chi connectivity index (χ0) is 27.5. The molecule has 39 heavy (non-hydrogen) atoms. The number of rotatable bonds is 7. The molecule has 0 saturated carbocycles. The van der Waals surface area contributed by atoms with Gasteiger partial charge in [0.25, 0.3) is 5.91 Å². The molecule has 2 aromatic carbocycles. The van der Waals surface area contributed by atoms with Gasteiger partial charge in [0.2, 0.25) is 0 Å². The van der Waals surface area contributed by atoms with E-state index >= 15 is 0 Å². The molecule has 0 radical (unpaired) electrons. The van der Waals surface area contributed by atoms with Crippen LogP contribution >= 0.6 is 0 Å². The third kappa shape index (κ3) is 5.72. The lowest BCUT2D eigenvalue weighted by Crippen LogP contribution is -2.35. The summed E-state index contributed by atoms with van der Waals surface area (Å²) in [6, 6.07) is 13.6. The fourth-order valence-corrected chi connectivity index (χ4v) is 5.00. The summed E-state index contributed by atoms with van der Waals surface area (Å²) < 4.78 is 20.7. The van der Waals surface area contributed by atoms with Gasteiger partial charge < -0.3 is 14.5 Å². The van der Waals surface area contributed by atoms with E-state index in [0.29, 0.717) is 36.9 Å². The molecule has 5 rings (SSSR count). The van der Waals surface area contributed by atoms with Crippen molar-refractivity contribution in [3.63, 3.8) is 0 Å². The zero-order valence-corrected chi connectivity index (χ0v) is 23.0. The van der Waals surface area contributed by atoms with E-state index in [4.69, 9.17) is 19.8 Å². The second-order valence-corrected chi connectivity index (χ2v) is 10.4. The van der Waals surface area contributed by atoms with Gasteiger partial charge in [-0.3, -0.25) is 4.79 Å². The highest BCUT2D eigenvalue weighted by molar-refractivity contribution is 5.95. The smallest absolute Gasteiger partial charge is 0.254 e. The van der Waals surface area contributed by atoms with Crippen LogP contribution in [-0.2, 0) is 6.42 Å². The lowest BCUT2D eigenvalue weighted by Gasteiger charge is -2.24. The predicted molar refractivity (Wildman–Crippen MR) is 150 cm³/mol. The summed E-state index contributed by atoms with van der Waals surface area (Å²) in [6.07, 6.45) is 2.54. The van der Waals surface area contributed by atoms with Crippen LogP contribution < -0.4 is 9.64 Å². The van der Waals surface area contributed by atoms with Gasteiger partial charge in [0.15, 0.2) is 5.65 Å². The molecule has 9 heteroatoms. The fraction of sp³-hybridized carbons (Fsp3) is 0.400. The van der Waals surface area contributed by atoms with Gasteiger partial charge in [-0.2, -0.15) is 5.10 Å². The number of ether oxygens (including phenoxy) is 1. The number of methoxy groups -OCH3 is 1. The van der Waals surface area contributed by atoms with Crippen molar-refractivity contribution < 1.29 is 13.9 Å². The van der Waals surface area contributed by atoms with Crippen LogP contribution in [0.4, 0.5) is 10.2 Å². The standard InChI is InChI=1S/C30H35FN6O2/c1-20(2)9-14-26-32-28(27-21(3)34-37(29(27)33-26)24-12-10-23(31)11-13-24)35-15-6-16-36(18-17-35)30(38)22-7-5-8-25(19-22)39-4/h5,7-8,10-13,19-20H,6,9,14-18H2,1-4H3. The highest BCUT2D eigenvalue weighted by Crippen LogP contribution is 2.30. The molecule has 1 fully saturated rings. The Balaban J connectivity index is 1.49. The third-order valence-electron chi connectivity index (χ3n) is 7.15. The summed E-state index contributed by atoms with van der Waals surface area (Å²) in [4.78, 5) is 27.5. The summed E-state index contributed by atoms with van der Waals surface area (Å²) in [5, 5.41) is 5.68. The van der Waals surface area contributed by atoms with Gasteiger partial charge >= 0.3 is 0 Å². The van der Waals surface area contributed by atoms with E-state index < -0.39 is 0 Å². The Labute approximate surface area is 228 Å². The second-order valence-electron chi connectivity index (χ2n) is 10.4. The van der Waals surface area contributed by atoms with Crippen LogP contribution in [0.5, 0.6) is 5.75 Å². The normalized spacial score (nSPS) is 14.2. The molecule has 4 aromatic rings. The molecule has 1 aliphatic rings. The molecule has 0 unspecified atom stereocenters. The average molecular weight is 531 g/mol. The van der Waals surface area contributed by atoms with Gasteiger partial charge in [0.1, 0.15) is 23.2 Å². The maximum atomic E-state index is 13.6. The largest absolute Gasteiger partial charge is 0.497 e. The Hall–Kier alpha value is -4.01. The van der Waals surface area contributed by atoms with Gasteiger partial charge in [-0.25, -0.2) is 19.0 Å². The number of anilines is 1. The van der Waals surface area contributed by atoms with Gasteiger partial charge in [-0.1, -0.05) is 19.9 Å². The van der Waals surface area contributed by atoms with Crippen molar-refractivity contribution in [2.45, 2.75) is 40.0 Å². The lowest BCUT2D eigenvalue weighted by molar-refractivity contribution is 0.0766. The molecule has 1 saturated heterocycles. The van der Waals surface area contributed by atoms with E-state index in [1.54, 1.807) is 30.0 Å². The molecule has 0 atom stereocenters. The molecule has 2 aromatic heterocycles. The zero-order valence-electron chi connectivity index (χ0n) is 23.0. The Kier molecular flexibility index (Phi) is 7.77. The first kappa shape index (κ1) is 26.6. The van der Waals surface area contributed by atoms with Gasteiger partial charge in [-0.15, -0.1) is 0 Å². The molecule has 8 nitrogen and oxygen atoms in total. The van der Waals surface area contributed by atoms with Crippen LogP contribution in [0.2, 0.25) is 0 Å². The van der Waals surface area contributed by atoms with E-state index in [-0.39, 0.29) is 11.7 Å². The van der Waals surface area contributed by atoms with E-state index in [1.165, 1.54) is 12.1 Å². The summed E-state index contributed by atoms with van der Waals surface area (Å²) in [7, 11) is 1.60. The molecule has 0 spiro atoms. The van der Waals surface area contributed by atoms with Crippen LogP contribution in [0.25, 0.3) is 16.7 Å². The van der Waals surface area contributed by atoms with Crippen molar-refractivity contribution in [3.8, 4) is 11.4 Å². The number of amides is 1. The van der Waals surface area contributed by atoms with E-state index in [9.17, 15) is 9.18 Å². The molecule has 1 amide bonds. The minimum absolute atomic E-state index is 0.00140. The first-order valence-corrected chi connectivity index (χ1v) is 13.5. The molecule has 0 bridgehead atoms. The fourth-order valence-electron chi connectivity index (χ4n) is 5.00. The maximum Gasteiger partial charge on any atom is 0.254 e. The Bertz CT molecular complexity index is 1470. The Morgan fingerprint density at radius 3 is 2.59 bits per heavy atom. The average Bonchev–Trinajstić information content (AvgIpc) is 3.11. The number of hydrogen-bond acceptors (Lipinski definition) is 6. The number of aromatic nitrogens is 4. The highest BCUT2D eigenvalue weighted by atomic mass is 19.1. The van der Waals surface area contributed by atoms with Crippen molar-refractivity contribution in [3.05, 3.63) is 71.4 Å². The van der Waals surface area contributed by atoms with Crippen molar-refractivity contribution in [2.24, 2.45) is 5.92 Å². The number of nitrogens with zero attached hydrogens (tertiary/aromatic N) is 6. The van der Waals surface area contributed by atoms with E-state index in [2.05, 4.69) is 18.7 Å². The number of aryl methyl sites for hydroxylation is 2. The van der Waals surface area contributed by atoms with Gasteiger partial charge in [-0.05, 0) is 68.1 Å². The summed E-state index contributed by atoms with van der Waals surface area (Å²) in [6.45, 7) is 8.98. The SMILES string of the molecule is COc1cccc(C(=O)N2CCCN(c3nc(CCC(C)C)nc4c3c(C)nn4-c3ccc(F)cc3)CC2)c1. The Morgan fingerprint density at radius 1 is 1.05 bits per heavy atom. The molecule has 0 aliphatic carbocycles. The van der Waals surface area contributed by atoms with Crippen molar-refractivity contribution in [2.75, 3.05) is 38.2 Å². The van der Waals surface area contributed by atoms with Crippen LogP contribution in [0.1, 0.15) is 48.6 Å². The third-order valence-corrected chi connectivity index (χ3v) is 7.15. The van der Waals surface area contributed by atoms with Gasteiger partial charge in [0.05, 0.1) is 23.9 Å². The monoisotopic (exact) mass is 530 g/mol. The first-order valence-electron chi connectivity index (χ1n) is 13.5. The molecule has 0 N–H and O–H groups in total. The van der Waals surface area contributed by atoms with Crippen LogP contribution in [0, 0.1) is 18.7 Å². The van der Waals surface area contributed by atoms with Crippen LogP contribution in [0.3, 0.4) is 0 Å². The quantitative estimate of drug-likeness (QED) is 0.326. The summed E-state index contributed by atoms with van der Waals surface area (Å²) in [5.74, 6) is 2.51. The van der Waals surface area contributed by atoms with Crippen molar-refractivity contribution in [1.82, 2.24) is 24.6 Å². The predicted octanol–water partition coefficient (Wildman–Crippen LogP) is 5.21. The van der Waals surface area contributed by atoms with Crippen molar-refractivity contribution >= 4 is 22.8 Å². The summed E-state index contributed by atoms with van der Waals surface area (Å²) >= 11 is 0. The maximum absolute atomic E-state index is 13.6. The highest BCUT2D eigenvalue weighted by Gasteiger charge is 2.25. The van der Waals surface area contributed by atoms with E-state index in [1.807, 2.05) is 30.0 Å². The molecule has 1 aliphatic heterocycles. The molecular formula is C30H35FN6O2. The number of hydrogen-bond donors (Lipinski definition) is 0. The second kappa shape index (κ2) is 11.4. The minimum Gasteiger partial charge on any atom is -0.497 e. The van der Waals surface area contributed by atoms with Crippen LogP contribution in [0.15, 0.2) is 48.5 Å². The molecule has 3 heterocycles. The number of carbonyl (C=O) groups excluding carboxylic acids is 1. The van der Waals surface area contributed by atoms with Gasteiger partial charge in [0, 0.05) is 38.2 Å². The number of fused-ring (bicyclic) bond motifs is 1. The molecular weight excluding hydrogens is 495 g/mol. The summed E-state index contributed by atoms with van der Waals surface area (Å²) in [5.41, 5.74) is 2.91. The lowest BCUT2D eigenvalue weighted by atomic mass is 10.1. The number of carbonyl (C=O) groups is 1. The Morgan fingerprint density at radius 2 is 1.85 bits per heavy atom. The number of benzene rings is 2. The molecule has 204 valence electrons. The van der Waals surface area contributed by atoms with Crippen molar-refractivity contribution in [1.29, 1.82) is 0 Å². The first-order chi connectivity index (χ1) is 18.8. The van der Waals surface area contributed by atoms with Crippen LogP contribution in [-0.4, -0.2) is 63.8 Å². The minimum atomic E-state index is -0.294.